The molecule has 0 saturated carbocycles. The quantitative estimate of drug-likeness (QED) is 0.910. The molecular weight excluding hydrogens is 278 g/mol. The lowest BCUT2D eigenvalue weighted by Gasteiger charge is -2.00. The molecule has 0 spiro atoms. The van der Waals surface area contributed by atoms with Crippen LogP contribution in [0.15, 0.2) is 28.2 Å². The number of anilines is 2. The fraction of sp³-hybridized carbons (Fsp3) is 0.111. The Labute approximate surface area is 99.1 Å². The van der Waals surface area contributed by atoms with Gasteiger partial charge in [0, 0.05) is 16.0 Å². The van der Waals surface area contributed by atoms with Gasteiger partial charge in [0.25, 0.3) is 0 Å². The Kier molecular flexibility index (Phi) is 3.30. The summed E-state index contributed by atoms with van der Waals surface area (Å²) >= 11 is 4.75. The topological polar surface area (TPSA) is 58.0 Å². The van der Waals surface area contributed by atoms with Crippen molar-refractivity contribution in [1.29, 1.82) is 0 Å². The van der Waals surface area contributed by atoms with Crippen molar-refractivity contribution in [3.8, 4) is 0 Å². The third-order valence-corrected chi connectivity index (χ3v) is 2.95. The van der Waals surface area contributed by atoms with Crippen LogP contribution in [0.2, 0.25) is 0 Å². The summed E-state index contributed by atoms with van der Waals surface area (Å²) in [6.45, 7) is -0.0358. The van der Waals surface area contributed by atoms with Gasteiger partial charge in [0.15, 0.2) is 5.13 Å². The zero-order valence-electron chi connectivity index (χ0n) is 7.64. The van der Waals surface area contributed by atoms with E-state index in [4.69, 9.17) is 5.11 Å². The third kappa shape index (κ3) is 2.74. The minimum absolute atomic E-state index is 0.0358. The lowest BCUT2D eigenvalue weighted by molar-refractivity contribution is 0.278. The maximum Gasteiger partial charge on any atom is 0.188 e. The SMILES string of the molecule is OCc1csc(Nc2ccc(Br)cn2)n1. The van der Waals surface area contributed by atoms with E-state index in [9.17, 15) is 0 Å². The highest BCUT2D eigenvalue weighted by Gasteiger charge is 2.01. The number of thiazole rings is 1. The minimum atomic E-state index is -0.0358. The zero-order valence-corrected chi connectivity index (χ0v) is 10.0. The summed E-state index contributed by atoms with van der Waals surface area (Å²) in [7, 11) is 0. The van der Waals surface area contributed by atoms with Gasteiger partial charge in [-0.25, -0.2) is 9.97 Å². The highest BCUT2D eigenvalue weighted by molar-refractivity contribution is 9.10. The number of nitrogens with one attached hydrogen (secondary N) is 1. The van der Waals surface area contributed by atoms with Crippen molar-refractivity contribution >= 4 is 38.2 Å². The molecule has 0 bridgehead atoms. The molecule has 0 atom stereocenters. The summed E-state index contributed by atoms with van der Waals surface area (Å²) in [5, 5.41) is 14.4. The summed E-state index contributed by atoms with van der Waals surface area (Å²) in [6, 6.07) is 3.75. The van der Waals surface area contributed by atoms with Crippen LogP contribution in [-0.2, 0) is 6.61 Å². The normalized spacial score (nSPS) is 10.3. The molecule has 15 heavy (non-hydrogen) atoms. The molecule has 2 aromatic rings. The monoisotopic (exact) mass is 285 g/mol. The molecule has 0 radical (unpaired) electrons. The van der Waals surface area contributed by atoms with Crippen LogP contribution in [0.3, 0.4) is 0 Å². The van der Waals surface area contributed by atoms with Crippen molar-refractivity contribution in [3.63, 3.8) is 0 Å². The van der Waals surface area contributed by atoms with Gasteiger partial charge in [0.2, 0.25) is 0 Å². The van der Waals surface area contributed by atoms with Crippen LogP contribution >= 0.6 is 27.3 Å². The molecule has 2 heterocycles. The molecule has 2 aromatic heterocycles. The molecule has 0 aliphatic rings. The summed E-state index contributed by atoms with van der Waals surface area (Å²) in [4.78, 5) is 8.31. The van der Waals surface area contributed by atoms with E-state index in [1.54, 1.807) is 11.6 Å². The number of halogens is 1. The Morgan fingerprint density at radius 2 is 2.33 bits per heavy atom. The van der Waals surface area contributed by atoms with Gasteiger partial charge in [-0.3, -0.25) is 0 Å². The van der Waals surface area contributed by atoms with Crippen LogP contribution in [0.4, 0.5) is 10.9 Å². The Morgan fingerprint density at radius 1 is 1.47 bits per heavy atom. The Morgan fingerprint density at radius 3 is 2.93 bits per heavy atom. The van der Waals surface area contributed by atoms with Gasteiger partial charge in [0.05, 0.1) is 12.3 Å². The molecule has 0 aliphatic carbocycles. The number of nitrogens with zero attached hydrogens (tertiary/aromatic N) is 2. The van der Waals surface area contributed by atoms with Crippen LogP contribution < -0.4 is 5.32 Å². The number of pyridine rings is 1. The van der Waals surface area contributed by atoms with Crippen LogP contribution in [0, 0.1) is 0 Å². The fourth-order valence-corrected chi connectivity index (χ4v) is 1.94. The van der Waals surface area contributed by atoms with Crippen molar-refractivity contribution in [2.75, 3.05) is 5.32 Å². The van der Waals surface area contributed by atoms with E-state index in [-0.39, 0.29) is 6.61 Å². The maximum atomic E-state index is 8.85. The Hall–Kier alpha value is -0.980. The number of aliphatic hydroxyl groups excluding tert-OH is 1. The molecule has 0 fully saturated rings. The van der Waals surface area contributed by atoms with Crippen LogP contribution in [0.5, 0.6) is 0 Å². The number of hydrogen-bond acceptors (Lipinski definition) is 5. The highest BCUT2D eigenvalue weighted by atomic mass is 79.9. The fourth-order valence-electron chi connectivity index (χ4n) is 0.996. The smallest absolute Gasteiger partial charge is 0.188 e. The predicted octanol–water partition coefficient (Wildman–Crippen LogP) is 2.54. The van der Waals surface area contributed by atoms with Crippen LogP contribution in [0.1, 0.15) is 5.69 Å². The van der Waals surface area contributed by atoms with Crippen molar-refractivity contribution in [1.82, 2.24) is 9.97 Å². The van der Waals surface area contributed by atoms with Gasteiger partial charge in [-0.2, -0.15) is 0 Å². The second-order valence-electron chi connectivity index (χ2n) is 2.79. The first-order valence-corrected chi connectivity index (χ1v) is 5.89. The van der Waals surface area contributed by atoms with Crippen molar-refractivity contribution < 1.29 is 5.11 Å². The van der Waals surface area contributed by atoms with E-state index in [1.165, 1.54) is 11.3 Å². The van der Waals surface area contributed by atoms with E-state index in [0.29, 0.717) is 5.69 Å². The molecule has 6 heteroatoms. The lowest BCUT2D eigenvalue weighted by atomic mass is 10.5. The van der Waals surface area contributed by atoms with E-state index in [2.05, 4.69) is 31.2 Å². The predicted molar refractivity (Wildman–Crippen MR) is 63.3 cm³/mol. The van der Waals surface area contributed by atoms with Crippen molar-refractivity contribution in [3.05, 3.63) is 33.9 Å². The van der Waals surface area contributed by atoms with Gasteiger partial charge in [-0.1, -0.05) is 0 Å². The molecule has 0 unspecified atom stereocenters. The molecule has 0 saturated heterocycles. The van der Waals surface area contributed by atoms with Crippen LogP contribution in [0.25, 0.3) is 0 Å². The molecule has 78 valence electrons. The summed E-state index contributed by atoms with van der Waals surface area (Å²) < 4.78 is 0.934. The second kappa shape index (κ2) is 4.69. The zero-order chi connectivity index (χ0) is 10.7. The maximum absolute atomic E-state index is 8.85. The van der Waals surface area contributed by atoms with Gasteiger partial charge >= 0.3 is 0 Å². The van der Waals surface area contributed by atoms with Crippen molar-refractivity contribution in [2.45, 2.75) is 6.61 Å². The average Bonchev–Trinajstić information content (AvgIpc) is 2.69. The molecule has 2 N–H and O–H groups in total. The summed E-state index contributed by atoms with van der Waals surface area (Å²) in [5.74, 6) is 0.733. The summed E-state index contributed by atoms with van der Waals surface area (Å²) in [6.07, 6.45) is 1.71. The average molecular weight is 286 g/mol. The summed E-state index contributed by atoms with van der Waals surface area (Å²) in [5.41, 5.74) is 0.666. The third-order valence-electron chi connectivity index (χ3n) is 1.68. The highest BCUT2D eigenvalue weighted by Crippen LogP contribution is 2.20. The van der Waals surface area contributed by atoms with Crippen molar-refractivity contribution in [2.24, 2.45) is 0 Å². The van der Waals surface area contributed by atoms with E-state index < -0.39 is 0 Å². The van der Waals surface area contributed by atoms with E-state index in [1.807, 2.05) is 12.1 Å². The minimum Gasteiger partial charge on any atom is -0.390 e. The first-order valence-electron chi connectivity index (χ1n) is 4.22. The van der Waals surface area contributed by atoms with Crippen LogP contribution in [-0.4, -0.2) is 15.1 Å². The molecule has 0 aromatic carbocycles. The molecular formula is C9H8BrN3OS. The first kappa shape index (κ1) is 10.5. The lowest BCUT2D eigenvalue weighted by Crippen LogP contribution is -1.92. The van der Waals surface area contributed by atoms with Gasteiger partial charge in [0.1, 0.15) is 5.82 Å². The van der Waals surface area contributed by atoms with E-state index in [0.717, 1.165) is 15.4 Å². The number of aromatic nitrogens is 2. The second-order valence-corrected chi connectivity index (χ2v) is 4.56. The van der Waals surface area contributed by atoms with Gasteiger partial charge < -0.3 is 10.4 Å². The number of hydrogen-bond donors (Lipinski definition) is 2. The molecule has 0 aliphatic heterocycles. The molecule has 2 rings (SSSR count). The molecule has 0 amide bonds. The Balaban J connectivity index is 2.11. The van der Waals surface area contributed by atoms with Gasteiger partial charge in [-0.15, -0.1) is 11.3 Å². The Bertz CT molecular complexity index is 443. The van der Waals surface area contributed by atoms with Gasteiger partial charge in [-0.05, 0) is 28.1 Å². The molecule has 4 nitrogen and oxygen atoms in total. The standard InChI is InChI=1S/C9H8BrN3OS/c10-6-1-2-8(11-3-6)13-9-12-7(4-14)5-15-9/h1-3,5,14H,4H2,(H,11,12,13). The van der Waals surface area contributed by atoms with E-state index >= 15 is 0 Å². The largest absolute Gasteiger partial charge is 0.390 e. The number of aliphatic hydroxyl groups is 1. The first-order chi connectivity index (χ1) is 7.28. The number of rotatable bonds is 3.